The molecule has 0 aliphatic heterocycles. The number of aromatic nitrogens is 2. The van der Waals surface area contributed by atoms with Gasteiger partial charge in [-0.2, -0.15) is 0 Å². The van der Waals surface area contributed by atoms with Crippen molar-refractivity contribution in [3.05, 3.63) is 144 Å². The summed E-state index contributed by atoms with van der Waals surface area (Å²) in [6, 6.07) is 40.0. The first-order chi connectivity index (χ1) is 24.4. The monoisotopic (exact) mass is 768 g/mol. The molecular formula is C42H36IrN2-2. The van der Waals surface area contributed by atoms with Gasteiger partial charge in [0, 0.05) is 42.1 Å². The standard InChI is InChI=1S/C30H26N.C12H10N.Ir/c1-20-19-31-30(18-28(20)21-9-3-2-4-10-21)22-15-16-27-25-13-6-5-11-23(25)24-12-7-8-14-26(24)29(27)17-22;1-10-7-8-12(13-9-10)11-5-3-2-4-6-11;/h5-8,11-14,16-19,21H,2-4,9-10H2,1H3;2-5,7-9H,1H3;/q2*-1;/i1D3,21D;1D3;. The number of pyridine rings is 2. The molecule has 0 spiro atoms. The predicted octanol–water partition coefficient (Wildman–Crippen LogP) is 11.2. The molecule has 1 saturated carbocycles. The molecule has 1 fully saturated rings. The third kappa shape index (κ3) is 6.47. The number of benzene rings is 5. The van der Waals surface area contributed by atoms with Gasteiger partial charge in [-0.1, -0.05) is 102 Å². The zero-order chi connectivity index (χ0) is 35.8. The number of rotatable bonds is 3. The van der Waals surface area contributed by atoms with E-state index in [0.29, 0.717) is 24.1 Å². The molecule has 7 aromatic rings. The molecule has 0 N–H and O–H groups in total. The smallest absolute Gasteiger partial charge is 0.0352 e. The normalized spacial score (nSPS) is 16.8. The van der Waals surface area contributed by atoms with Gasteiger partial charge >= 0.3 is 0 Å². The average molecular weight is 768 g/mol. The minimum Gasteiger partial charge on any atom is -0.304 e. The summed E-state index contributed by atoms with van der Waals surface area (Å²) in [5, 5.41) is 7.02. The molecule has 1 aliphatic carbocycles. The molecule has 0 saturated heterocycles. The molecule has 225 valence electrons. The van der Waals surface area contributed by atoms with Crippen LogP contribution in [0.15, 0.2) is 116 Å². The van der Waals surface area contributed by atoms with E-state index in [1.54, 1.807) is 18.2 Å². The van der Waals surface area contributed by atoms with E-state index in [9.17, 15) is 1.37 Å². The first-order valence-corrected chi connectivity index (χ1v) is 15.1. The summed E-state index contributed by atoms with van der Waals surface area (Å²) in [5.74, 6) is -0.889. The van der Waals surface area contributed by atoms with Crippen molar-refractivity contribution >= 4 is 32.3 Å². The molecule has 5 aromatic carbocycles. The molecule has 2 nitrogen and oxygen atoms in total. The van der Waals surface area contributed by atoms with Crippen LogP contribution in [0.25, 0.3) is 54.8 Å². The van der Waals surface area contributed by atoms with Gasteiger partial charge in [0.15, 0.2) is 0 Å². The quantitative estimate of drug-likeness (QED) is 0.132. The van der Waals surface area contributed by atoms with Crippen LogP contribution in [0.5, 0.6) is 0 Å². The van der Waals surface area contributed by atoms with E-state index in [1.165, 1.54) is 33.9 Å². The van der Waals surface area contributed by atoms with Gasteiger partial charge in [0.25, 0.3) is 0 Å². The summed E-state index contributed by atoms with van der Waals surface area (Å²) in [5.41, 5.74) is 4.13. The second-order valence-corrected chi connectivity index (χ2v) is 11.3. The van der Waals surface area contributed by atoms with Crippen molar-refractivity contribution in [3.8, 4) is 22.5 Å². The maximum Gasteiger partial charge on any atom is 0.0352 e. The van der Waals surface area contributed by atoms with Crippen LogP contribution in [0.4, 0.5) is 0 Å². The molecule has 0 unspecified atom stereocenters. The molecule has 2 heterocycles. The molecular weight excluding hydrogens is 725 g/mol. The minimum atomic E-state index is -2.30. The predicted molar refractivity (Wildman–Crippen MR) is 185 cm³/mol. The van der Waals surface area contributed by atoms with Crippen molar-refractivity contribution in [1.82, 2.24) is 9.97 Å². The molecule has 0 bridgehead atoms. The summed E-state index contributed by atoms with van der Waals surface area (Å²) in [4.78, 5) is 8.70. The van der Waals surface area contributed by atoms with Crippen molar-refractivity contribution in [2.75, 3.05) is 0 Å². The third-order valence-electron chi connectivity index (χ3n) is 8.44. The number of nitrogens with zero attached hydrogens (tertiary/aromatic N) is 2. The number of aryl methyl sites for hydroxylation is 2. The number of hydrogen-bond donors (Lipinski definition) is 0. The Hall–Kier alpha value is -4.17. The Morgan fingerprint density at radius 3 is 1.98 bits per heavy atom. The average Bonchev–Trinajstić information content (AvgIpc) is 3.15. The van der Waals surface area contributed by atoms with Crippen molar-refractivity contribution in [1.29, 1.82) is 0 Å². The van der Waals surface area contributed by atoms with Crippen molar-refractivity contribution in [2.24, 2.45) is 0 Å². The Kier molecular flexibility index (Phi) is 7.15. The fourth-order valence-corrected chi connectivity index (χ4v) is 6.24. The SMILES string of the molecule is [2H]C([2H])([2H])c1ccc(-c2[c-]cccc2)nc1.[2H]C([2H])([2H])c1cnc(-c2[c-]cc3c4ccccc4c4ccccc4c3c2)cc1C1([2H])CCCCC1.[Ir]. The van der Waals surface area contributed by atoms with E-state index in [2.05, 4.69) is 76.7 Å². The summed E-state index contributed by atoms with van der Waals surface area (Å²) >= 11 is 0. The van der Waals surface area contributed by atoms with Gasteiger partial charge in [0.1, 0.15) is 0 Å². The molecule has 45 heavy (non-hydrogen) atoms. The Morgan fingerprint density at radius 2 is 1.33 bits per heavy atom. The Morgan fingerprint density at radius 1 is 0.644 bits per heavy atom. The summed E-state index contributed by atoms with van der Waals surface area (Å²) < 4.78 is 55.1. The third-order valence-corrected chi connectivity index (χ3v) is 8.44. The Balaban J connectivity index is 0.000000230. The van der Waals surface area contributed by atoms with Crippen LogP contribution in [0, 0.1) is 25.8 Å². The van der Waals surface area contributed by atoms with Crippen LogP contribution < -0.4 is 0 Å². The Labute approximate surface area is 289 Å². The second-order valence-electron chi connectivity index (χ2n) is 11.3. The van der Waals surface area contributed by atoms with E-state index in [1.807, 2.05) is 30.3 Å². The van der Waals surface area contributed by atoms with E-state index in [-0.39, 0.29) is 31.2 Å². The molecule has 1 aliphatic rings. The molecule has 0 amide bonds. The van der Waals surface area contributed by atoms with Gasteiger partial charge < -0.3 is 9.97 Å². The van der Waals surface area contributed by atoms with Crippen LogP contribution in [0.3, 0.4) is 0 Å². The van der Waals surface area contributed by atoms with Crippen LogP contribution in [-0.2, 0) is 20.1 Å². The zero-order valence-electron chi connectivity index (χ0n) is 31.7. The van der Waals surface area contributed by atoms with Gasteiger partial charge in [0.05, 0.1) is 0 Å². The van der Waals surface area contributed by atoms with Crippen molar-refractivity contribution in [3.63, 3.8) is 0 Å². The zero-order valence-corrected chi connectivity index (χ0v) is 27.1. The first kappa shape index (κ1) is 23.2. The molecule has 2 aromatic heterocycles. The van der Waals surface area contributed by atoms with Gasteiger partial charge in [-0.05, 0) is 76.7 Å². The van der Waals surface area contributed by atoms with Gasteiger partial charge in [-0.3, -0.25) is 0 Å². The minimum absolute atomic E-state index is 0. The maximum absolute atomic E-state index is 9.18. The summed E-state index contributed by atoms with van der Waals surface area (Å²) in [6.45, 7) is -4.39. The summed E-state index contributed by atoms with van der Waals surface area (Å²) in [6.07, 6.45) is 7.21. The largest absolute Gasteiger partial charge is 0.304 e. The fourth-order valence-electron chi connectivity index (χ4n) is 6.24. The fraction of sp³-hybridized carbons (Fsp3) is 0.190. The Bertz CT molecular complexity index is 2300. The molecule has 0 atom stereocenters. The van der Waals surface area contributed by atoms with E-state index in [0.717, 1.165) is 46.9 Å². The molecule has 3 heteroatoms. The number of hydrogen-bond acceptors (Lipinski definition) is 2. The molecule has 8 rings (SSSR count). The van der Waals surface area contributed by atoms with Gasteiger partial charge in [-0.25, -0.2) is 0 Å². The van der Waals surface area contributed by atoms with Crippen LogP contribution in [-0.4, -0.2) is 9.97 Å². The second kappa shape index (κ2) is 13.9. The van der Waals surface area contributed by atoms with Crippen molar-refractivity contribution in [2.45, 2.75) is 51.7 Å². The topological polar surface area (TPSA) is 25.8 Å². The maximum atomic E-state index is 9.18. The van der Waals surface area contributed by atoms with Crippen LogP contribution in [0.1, 0.15) is 64.3 Å². The van der Waals surface area contributed by atoms with Crippen LogP contribution in [0.2, 0.25) is 0 Å². The van der Waals surface area contributed by atoms with Gasteiger partial charge in [-0.15, -0.1) is 59.7 Å². The van der Waals surface area contributed by atoms with E-state index >= 15 is 0 Å². The summed E-state index contributed by atoms with van der Waals surface area (Å²) in [7, 11) is 0. The van der Waals surface area contributed by atoms with Crippen LogP contribution >= 0.6 is 0 Å². The van der Waals surface area contributed by atoms with E-state index < -0.39 is 19.6 Å². The first-order valence-electron chi connectivity index (χ1n) is 18.6. The molecule has 1 radical (unpaired) electrons. The van der Waals surface area contributed by atoms with Gasteiger partial charge in [0.2, 0.25) is 0 Å². The van der Waals surface area contributed by atoms with E-state index in [4.69, 9.17) is 8.22 Å². The number of fused-ring (bicyclic) bond motifs is 6. The van der Waals surface area contributed by atoms with Crippen molar-refractivity contribution < 1.29 is 29.7 Å².